The lowest BCUT2D eigenvalue weighted by Gasteiger charge is -2.35. The van der Waals surface area contributed by atoms with Gasteiger partial charge in [0.05, 0.1) is 27.1 Å². The molecule has 0 spiro atoms. The highest BCUT2D eigenvalue weighted by Crippen LogP contribution is 2.42. The zero-order chi connectivity index (χ0) is 12.0. The molecular formula is C12H20O4. The molecule has 92 valence electrons. The molecule has 0 aliphatic heterocycles. The predicted octanol–water partition coefficient (Wildman–Crippen LogP) is 2.06. The van der Waals surface area contributed by atoms with E-state index in [0.717, 1.165) is 25.7 Å². The molecular weight excluding hydrogens is 208 g/mol. The maximum absolute atomic E-state index is 11.4. The lowest BCUT2D eigenvalue weighted by Crippen LogP contribution is -2.31. The number of ether oxygens (including phenoxy) is 2. The van der Waals surface area contributed by atoms with Crippen LogP contribution in [0.5, 0.6) is 0 Å². The first kappa shape index (κ1) is 13.0. The maximum Gasteiger partial charge on any atom is 0.306 e. The molecule has 1 saturated carbocycles. The first-order valence-electron chi connectivity index (χ1n) is 5.75. The Bertz CT molecular complexity index is 234. The molecule has 0 aromatic heterocycles. The summed E-state index contributed by atoms with van der Waals surface area (Å²) >= 11 is 0. The van der Waals surface area contributed by atoms with Crippen LogP contribution < -0.4 is 0 Å². The summed E-state index contributed by atoms with van der Waals surface area (Å²) in [5, 5.41) is 0. The van der Waals surface area contributed by atoms with Crippen LogP contribution in [0.4, 0.5) is 0 Å². The van der Waals surface area contributed by atoms with Gasteiger partial charge in [-0.15, -0.1) is 0 Å². The molecule has 0 atom stereocenters. The summed E-state index contributed by atoms with van der Waals surface area (Å²) in [4.78, 5) is 22.8. The van der Waals surface area contributed by atoms with Crippen LogP contribution >= 0.6 is 0 Å². The van der Waals surface area contributed by atoms with Crippen molar-refractivity contribution in [2.24, 2.45) is 5.41 Å². The van der Waals surface area contributed by atoms with Crippen molar-refractivity contribution in [3.05, 3.63) is 0 Å². The fraction of sp³-hybridized carbons (Fsp3) is 0.833. The second-order valence-corrected chi connectivity index (χ2v) is 4.57. The molecule has 0 heterocycles. The molecule has 0 radical (unpaired) electrons. The Morgan fingerprint density at radius 2 is 1.38 bits per heavy atom. The third-order valence-electron chi connectivity index (χ3n) is 3.41. The van der Waals surface area contributed by atoms with Crippen LogP contribution in [0.3, 0.4) is 0 Å². The van der Waals surface area contributed by atoms with E-state index in [-0.39, 0.29) is 17.4 Å². The van der Waals surface area contributed by atoms with Crippen LogP contribution in [-0.2, 0) is 19.1 Å². The average Bonchev–Trinajstić information content (AvgIpc) is 2.29. The lowest BCUT2D eigenvalue weighted by atomic mass is 9.69. The molecule has 0 unspecified atom stereocenters. The smallest absolute Gasteiger partial charge is 0.306 e. The van der Waals surface area contributed by atoms with Gasteiger partial charge in [0.15, 0.2) is 0 Å². The van der Waals surface area contributed by atoms with Crippen molar-refractivity contribution in [3.63, 3.8) is 0 Å². The number of carbonyl (C=O) groups is 2. The Balaban J connectivity index is 2.66. The Hall–Kier alpha value is -1.06. The molecule has 0 aromatic carbocycles. The molecule has 1 aliphatic rings. The zero-order valence-electron chi connectivity index (χ0n) is 10.1. The average molecular weight is 228 g/mol. The first-order chi connectivity index (χ1) is 7.62. The van der Waals surface area contributed by atoms with Crippen LogP contribution in [-0.4, -0.2) is 26.2 Å². The molecule has 0 bridgehead atoms. The van der Waals surface area contributed by atoms with Gasteiger partial charge in [0.2, 0.25) is 0 Å². The maximum atomic E-state index is 11.4. The molecule has 0 amide bonds. The van der Waals surface area contributed by atoms with Crippen molar-refractivity contribution in [1.29, 1.82) is 0 Å². The Kier molecular flexibility index (Phi) is 4.77. The molecule has 1 rings (SSSR count). The van der Waals surface area contributed by atoms with Gasteiger partial charge in [-0.3, -0.25) is 9.59 Å². The van der Waals surface area contributed by atoms with Crippen molar-refractivity contribution in [2.45, 2.75) is 44.9 Å². The minimum absolute atomic E-state index is 0.224. The Morgan fingerprint density at radius 1 is 0.938 bits per heavy atom. The fourth-order valence-corrected chi connectivity index (χ4v) is 2.47. The van der Waals surface area contributed by atoms with Gasteiger partial charge in [-0.1, -0.05) is 19.3 Å². The lowest BCUT2D eigenvalue weighted by molar-refractivity contribution is -0.148. The van der Waals surface area contributed by atoms with Crippen molar-refractivity contribution in [3.8, 4) is 0 Å². The summed E-state index contributed by atoms with van der Waals surface area (Å²) in [7, 11) is 2.77. The van der Waals surface area contributed by atoms with Crippen molar-refractivity contribution >= 4 is 11.9 Å². The largest absolute Gasteiger partial charge is 0.469 e. The number of methoxy groups -OCH3 is 2. The van der Waals surface area contributed by atoms with E-state index in [1.165, 1.54) is 20.6 Å². The standard InChI is InChI=1S/C12H20O4/c1-15-10(13)8-12(9-11(14)16-2)6-4-3-5-7-12/h3-9H2,1-2H3. The van der Waals surface area contributed by atoms with Gasteiger partial charge in [-0.25, -0.2) is 0 Å². The highest BCUT2D eigenvalue weighted by molar-refractivity contribution is 5.74. The minimum Gasteiger partial charge on any atom is -0.469 e. The van der Waals surface area contributed by atoms with E-state index in [4.69, 9.17) is 9.47 Å². The van der Waals surface area contributed by atoms with Crippen molar-refractivity contribution in [2.75, 3.05) is 14.2 Å². The number of hydrogen-bond donors (Lipinski definition) is 0. The molecule has 4 nitrogen and oxygen atoms in total. The second kappa shape index (κ2) is 5.87. The quantitative estimate of drug-likeness (QED) is 0.691. The minimum atomic E-state index is -0.231. The third kappa shape index (κ3) is 3.51. The Labute approximate surface area is 96.3 Å². The van der Waals surface area contributed by atoms with E-state index < -0.39 is 0 Å². The summed E-state index contributed by atoms with van der Waals surface area (Å²) in [5.74, 6) is -0.461. The second-order valence-electron chi connectivity index (χ2n) is 4.57. The van der Waals surface area contributed by atoms with Crippen LogP contribution in [0.25, 0.3) is 0 Å². The van der Waals surface area contributed by atoms with Gasteiger partial charge < -0.3 is 9.47 Å². The number of hydrogen-bond acceptors (Lipinski definition) is 4. The van der Waals surface area contributed by atoms with Crippen molar-refractivity contribution < 1.29 is 19.1 Å². The summed E-state index contributed by atoms with van der Waals surface area (Å²) in [6.07, 6.45) is 5.83. The molecule has 16 heavy (non-hydrogen) atoms. The number of carbonyl (C=O) groups excluding carboxylic acids is 2. The van der Waals surface area contributed by atoms with E-state index in [1.54, 1.807) is 0 Å². The molecule has 1 aliphatic carbocycles. The van der Waals surface area contributed by atoms with Gasteiger partial charge in [0.25, 0.3) is 0 Å². The summed E-state index contributed by atoms with van der Waals surface area (Å²) in [6.45, 7) is 0. The monoisotopic (exact) mass is 228 g/mol. The van der Waals surface area contributed by atoms with E-state index >= 15 is 0 Å². The van der Waals surface area contributed by atoms with Gasteiger partial charge in [-0.2, -0.15) is 0 Å². The third-order valence-corrected chi connectivity index (χ3v) is 3.41. The van der Waals surface area contributed by atoms with Gasteiger partial charge in [-0.05, 0) is 18.3 Å². The molecule has 0 aromatic rings. The number of rotatable bonds is 4. The van der Waals surface area contributed by atoms with E-state index in [2.05, 4.69) is 0 Å². The zero-order valence-corrected chi connectivity index (χ0v) is 10.1. The summed E-state index contributed by atoms with van der Waals surface area (Å²) in [5.41, 5.74) is -0.224. The molecule has 0 N–H and O–H groups in total. The SMILES string of the molecule is COC(=O)CC1(CC(=O)OC)CCCCC1. The molecule has 1 fully saturated rings. The fourth-order valence-electron chi connectivity index (χ4n) is 2.47. The van der Waals surface area contributed by atoms with E-state index in [1.807, 2.05) is 0 Å². The first-order valence-corrected chi connectivity index (χ1v) is 5.75. The van der Waals surface area contributed by atoms with Crippen LogP contribution in [0.15, 0.2) is 0 Å². The summed E-state index contributed by atoms with van der Waals surface area (Å²) in [6, 6.07) is 0. The molecule has 0 saturated heterocycles. The van der Waals surface area contributed by atoms with E-state index in [0.29, 0.717) is 12.8 Å². The van der Waals surface area contributed by atoms with Crippen LogP contribution in [0, 0.1) is 5.41 Å². The van der Waals surface area contributed by atoms with Gasteiger partial charge in [0, 0.05) is 0 Å². The Morgan fingerprint density at radius 3 is 1.75 bits per heavy atom. The van der Waals surface area contributed by atoms with Gasteiger partial charge in [0.1, 0.15) is 0 Å². The predicted molar refractivity (Wildman–Crippen MR) is 58.8 cm³/mol. The summed E-state index contributed by atoms with van der Waals surface area (Å²) < 4.78 is 9.40. The number of esters is 2. The highest BCUT2D eigenvalue weighted by Gasteiger charge is 2.37. The highest BCUT2D eigenvalue weighted by atomic mass is 16.5. The van der Waals surface area contributed by atoms with E-state index in [9.17, 15) is 9.59 Å². The van der Waals surface area contributed by atoms with Crippen molar-refractivity contribution in [1.82, 2.24) is 0 Å². The van der Waals surface area contributed by atoms with Gasteiger partial charge >= 0.3 is 11.9 Å². The molecule has 4 heteroatoms. The topological polar surface area (TPSA) is 52.6 Å². The van der Waals surface area contributed by atoms with Crippen LogP contribution in [0.1, 0.15) is 44.9 Å². The van der Waals surface area contributed by atoms with Crippen LogP contribution in [0.2, 0.25) is 0 Å². The normalized spacial score (nSPS) is 18.9.